The fourth-order valence-corrected chi connectivity index (χ4v) is 2.73. The lowest BCUT2D eigenvalue weighted by atomic mass is 10.2. The molecular formula is C14H17IN2O3. The first-order chi connectivity index (χ1) is 9.54. The molecule has 1 aliphatic carbocycles. The summed E-state index contributed by atoms with van der Waals surface area (Å²) < 4.78 is 1.05. The quantitative estimate of drug-likeness (QED) is 0.428. The third-order valence-corrected chi connectivity index (χ3v) is 4.14. The summed E-state index contributed by atoms with van der Waals surface area (Å²) in [5, 5.41) is 10.7. The third-order valence-electron chi connectivity index (χ3n) is 3.47. The monoisotopic (exact) mass is 388 g/mol. The molecule has 0 aromatic heterocycles. The second-order valence-corrected chi connectivity index (χ2v) is 6.26. The number of nitrogens with zero attached hydrogens (tertiary/aromatic N) is 2. The van der Waals surface area contributed by atoms with E-state index in [2.05, 4.69) is 29.5 Å². The summed E-state index contributed by atoms with van der Waals surface area (Å²) in [6.45, 7) is 2.69. The van der Waals surface area contributed by atoms with E-state index in [-0.39, 0.29) is 10.8 Å². The predicted octanol–water partition coefficient (Wildman–Crippen LogP) is 3.09. The van der Waals surface area contributed by atoms with E-state index in [1.807, 2.05) is 24.3 Å². The maximum absolute atomic E-state index is 12.5. The molecule has 0 unspecified atom stereocenters. The van der Waals surface area contributed by atoms with Gasteiger partial charge in [-0.05, 0) is 47.2 Å². The number of rotatable bonds is 6. The second-order valence-electron chi connectivity index (χ2n) is 5.02. The van der Waals surface area contributed by atoms with E-state index >= 15 is 0 Å². The molecule has 1 saturated carbocycles. The molecule has 2 atom stereocenters. The zero-order valence-corrected chi connectivity index (χ0v) is 13.4. The van der Waals surface area contributed by atoms with Gasteiger partial charge in [-0.25, -0.2) is 0 Å². The fraction of sp³-hybridized carbons (Fsp3) is 0.500. The van der Waals surface area contributed by atoms with Crippen molar-refractivity contribution in [2.45, 2.75) is 32.2 Å². The van der Waals surface area contributed by atoms with Crippen molar-refractivity contribution in [3.8, 4) is 0 Å². The van der Waals surface area contributed by atoms with Crippen LogP contribution in [0.15, 0.2) is 24.3 Å². The number of unbranched alkanes of at least 4 members (excludes halogenated alkanes) is 1. The number of halogens is 1. The normalized spacial score (nSPS) is 20.5. The molecule has 1 amide bonds. The molecule has 0 N–H and O–H groups in total. The first kappa shape index (κ1) is 15.2. The molecule has 5 nitrogen and oxygen atoms in total. The number of carbonyl (C=O) groups excluding carboxylic acids is 1. The number of nitro groups is 1. The van der Waals surface area contributed by atoms with E-state index in [9.17, 15) is 14.9 Å². The first-order valence-electron chi connectivity index (χ1n) is 6.75. The standard InChI is InChI=1S/C14H17IN2O3/c1-2-3-7-16(11-6-4-5-10(15)8-11)14(18)12-9-13(12)17(19)20/h4-6,8,12-13H,2-3,7,9H2,1H3/t12-,13-/m1/s1. The average Bonchev–Trinajstić information content (AvgIpc) is 3.19. The Morgan fingerprint density at radius 1 is 1.55 bits per heavy atom. The van der Waals surface area contributed by atoms with Crippen LogP contribution in [0.25, 0.3) is 0 Å². The number of amides is 1. The van der Waals surface area contributed by atoms with Crippen molar-refractivity contribution < 1.29 is 9.72 Å². The summed E-state index contributed by atoms with van der Waals surface area (Å²) in [6, 6.07) is 7.01. The molecule has 0 radical (unpaired) electrons. The Bertz CT molecular complexity index is 521. The SMILES string of the molecule is CCCCN(C(=O)[C@@H]1C[C@H]1[N+](=O)[O-])c1cccc(I)c1. The maximum atomic E-state index is 12.5. The molecule has 0 bridgehead atoms. The highest BCUT2D eigenvalue weighted by Gasteiger charge is 2.54. The number of anilines is 1. The smallest absolute Gasteiger partial charge is 0.237 e. The summed E-state index contributed by atoms with van der Waals surface area (Å²) in [4.78, 5) is 24.6. The molecule has 20 heavy (non-hydrogen) atoms. The Morgan fingerprint density at radius 2 is 2.30 bits per heavy atom. The van der Waals surface area contributed by atoms with Crippen LogP contribution in [0.2, 0.25) is 0 Å². The molecular weight excluding hydrogens is 371 g/mol. The van der Waals surface area contributed by atoms with E-state index in [0.717, 1.165) is 22.1 Å². The van der Waals surface area contributed by atoms with Gasteiger partial charge in [-0.2, -0.15) is 0 Å². The van der Waals surface area contributed by atoms with Gasteiger partial charge in [0, 0.05) is 27.1 Å². The number of hydrogen-bond donors (Lipinski definition) is 0. The van der Waals surface area contributed by atoms with Gasteiger partial charge in [0.15, 0.2) is 0 Å². The molecule has 1 aromatic carbocycles. The van der Waals surface area contributed by atoms with Crippen LogP contribution in [0.1, 0.15) is 26.2 Å². The Morgan fingerprint density at radius 3 is 2.85 bits per heavy atom. The average molecular weight is 388 g/mol. The van der Waals surface area contributed by atoms with Gasteiger partial charge in [-0.1, -0.05) is 19.4 Å². The van der Waals surface area contributed by atoms with Gasteiger partial charge >= 0.3 is 0 Å². The summed E-state index contributed by atoms with van der Waals surface area (Å²) in [5.74, 6) is -0.554. The Hall–Kier alpha value is -1.18. The molecule has 1 aliphatic rings. The highest BCUT2D eigenvalue weighted by Crippen LogP contribution is 2.36. The van der Waals surface area contributed by atoms with Crippen LogP contribution in [0.3, 0.4) is 0 Å². The minimum absolute atomic E-state index is 0.109. The topological polar surface area (TPSA) is 63.5 Å². The molecule has 1 aromatic rings. The predicted molar refractivity (Wildman–Crippen MR) is 85.3 cm³/mol. The van der Waals surface area contributed by atoms with Gasteiger partial charge in [-0.15, -0.1) is 0 Å². The van der Waals surface area contributed by atoms with E-state index in [0.29, 0.717) is 13.0 Å². The summed E-state index contributed by atoms with van der Waals surface area (Å²) >= 11 is 2.20. The van der Waals surface area contributed by atoms with Crippen molar-refractivity contribution in [2.75, 3.05) is 11.4 Å². The molecule has 0 saturated heterocycles. The van der Waals surface area contributed by atoms with Crippen molar-refractivity contribution in [1.29, 1.82) is 0 Å². The van der Waals surface area contributed by atoms with Crippen LogP contribution < -0.4 is 4.90 Å². The molecule has 0 heterocycles. The van der Waals surface area contributed by atoms with Gasteiger partial charge in [-0.3, -0.25) is 14.9 Å². The summed E-state index contributed by atoms with van der Waals surface area (Å²) in [5.41, 5.74) is 0.837. The lowest BCUT2D eigenvalue weighted by molar-refractivity contribution is -0.497. The summed E-state index contributed by atoms with van der Waals surface area (Å²) in [6.07, 6.45) is 2.25. The van der Waals surface area contributed by atoms with Gasteiger partial charge in [0.1, 0.15) is 5.92 Å². The van der Waals surface area contributed by atoms with Gasteiger partial charge in [0.2, 0.25) is 11.9 Å². The third kappa shape index (κ3) is 3.47. The highest BCUT2D eigenvalue weighted by atomic mass is 127. The van der Waals surface area contributed by atoms with Gasteiger partial charge < -0.3 is 4.90 Å². The van der Waals surface area contributed by atoms with Gasteiger partial charge in [0.25, 0.3) is 0 Å². The van der Waals surface area contributed by atoms with Crippen LogP contribution in [0, 0.1) is 19.6 Å². The molecule has 2 rings (SSSR count). The van der Waals surface area contributed by atoms with E-state index in [4.69, 9.17) is 0 Å². The number of carbonyl (C=O) groups is 1. The molecule has 0 aliphatic heterocycles. The Kier molecular flexibility index (Phi) is 4.95. The van der Waals surface area contributed by atoms with E-state index in [1.54, 1.807) is 4.90 Å². The van der Waals surface area contributed by atoms with Gasteiger partial charge in [0.05, 0.1) is 0 Å². The van der Waals surface area contributed by atoms with E-state index in [1.165, 1.54) is 0 Å². The lowest BCUT2D eigenvalue weighted by Gasteiger charge is -2.22. The molecule has 0 spiro atoms. The minimum Gasteiger partial charge on any atom is -0.312 e. The Labute approximate surface area is 131 Å². The van der Waals surface area contributed by atoms with Crippen LogP contribution in [0.5, 0.6) is 0 Å². The summed E-state index contributed by atoms with van der Waals surface area (Å²) in [7, 11) is 0. The van der Waals surface area contributed by atoms with Crippen molar-refractivity contribution in [3.63, 3.8) is 0 Å². The van der Waals surface area contributed by atoms with Crippen LogP contribution >= 0.6 is 22.6 Å². The fourth-order valence-electron chi connectivity index (χ4n) is 2.21. The van der Waals surface area contributed by atoms with Crippen LogP contribution in [0.4, 0.5) is 5.69 Å². The van der Waals surface area contributed by atoms with Crippen molar-refractivity contribution in [2.24, 2.45) is 5.92 Å². The number of benzene rings is 1. The zero-order chi connectivity index (χ0) is 14.7. The van der Waals surface area contributed by atoms with Crippen LogP contribution in [-0.2, 0) is 4.79 Å². The lowest BCUT2D eigenvalue weighted by Crippen LogP contribution is -2.34. The van der Waals surface area contributed by atoms with Crippen LogP contribution in [-0.4, -0.2) is 23.4 Å². The van der Waals surface area contributed by atoms with Crippen molar-refractivity contribution in [3.05, 3.63) is 37.9 Å². The number of hydrogen-bond acceptors (Lipinski definition) is 3. The zero-order valence-electron chi connectivity index (χ0n) is 11.3. The Balaban J connectivity index is 2.15. The molecule has 1 fully saturated rings. The second kappa shape index (κ2) is 6.51. The van der Waals surface area contributed by atoms with Crippen molar-refractivity contribution >= 4 is 34.2 Å². The first-order valence-corrected chi connectivity index (χ1v) is 7.83. The molecule has 6 heteroatoms. The van der Waals surface area contributed by atoms with E-state index < -0.39 is 12.0 Å². The largest absolute Gasteiger partial charge is 0.312 e. The van der Waals surface area contributed by atoms with Crippen molar-refractivity contribution in [1.82, 2.24) is 0 Å². The maximum Gasteiger partial charge on any atom is 0.237 e. The minimum atomic E-state index is -0.686. The molecule has 108 valence electrons. The highest BCUT2D eigenvalue weighted by molar-refractivity contribution is 14.1.